The van der Waals surface area contributed by atoms with E-state index in [2.05, 4.69) is 15.7 Å². The lowest BCUT2D eigenvalue weighted by molar-refractivity contribution is -0.121. The van der Waals surface area contributed by atoms with Gasteiger partial charge in [-0.2, -0.15) is 13.9 Å². The molecular formula is C13H20F2N4O. The Morgan fingerprint density at radius 2 is 2.30 bits per heavy atom. The van der Waals surface area contributed by atoms with E-state index >= 15 is 0 Å². The number of aromatic nitrogens is 2. The first-order chi connectivity index (χ1) is 9.49. The van der Waals surface area contributed by atoms with Gasteiger partial charge in [-0.3, -0.25) is 4.79 Å². The predicted octanol–water partition coefficient (Wildman–Crippen LogP) is 1.31. The van der Waals surface area contributed by atoms with Gasteiger partial charge in [0.2, 0.25) is 5.91 Å². The molecule has 0 spiro atoms. The number of hydrogen-bond acceptors (Lipinski definition) is 3. The van der Waals surface area contributed by atoms with Crippen LogP contribution in [0.3, 0.4) is 0 Å². The molecule has 1 saturated heterocycles. The van der Waals surface area contributed by atoms with Gasteiger partial charge in [-0.15, -0.1) is 0 Å². The van der Waals surface area contributed by atoms with Gasteiger partial charge in [0.25, 0.3) is 0 Å². The van der Waals surface area contributed by atoms with Crippen LogP contribution in [-0.4, -0.2) is 34.8 Å². The Labute approximate surface area is 116 Å². The van der Waals surface area contributed by atoms with Gasteiger partial charge < -0.3 is 10.6 Å². The summed E-state index contributed by atoms with van der Waals surface area (Å²) in [6.45, 7) is 2.28. The minimum absolute atomic E-state index is 0.0981. The predicted molar refractivity (Wildman–Crippen MR) is 70.7 cm³/mol. The molecule has 1 aliphatic rings. The molecule has 2 heterocycles. The fourth-order valence-corrected chi connectivity index (χ4v) is 2.56. The number of aryl methyl sites for hydroxylation is 1. The second kappa shape index (κ2) is 6.30. The Bertz CT molecular complexity index is 481. The van der Waals surface area contributed by atoms with Crippen LogP contribution in [0.5, 0.6) is 0 Å². The Kier molecular flexibility index (Phi) is 4.69. The maximum absolute atomic E-state index is 12.7. The topological polar surface area (TPSA) is 59.0 Å². The summed E-state index contributed by atoms with van der Waals surface area (Å²) in [6, 6.07) is 0.127. The monoisotopic (exact) mass is 286 g/mol. The van der Waals surface area contributed by atoms with E-state index < -0.39 is 6.55 Å². The molecule has 1 aromatic rings. The SMILES string of the molecule is Cc1nn(C(F)F)c(C)c1CC(=O)N[C@H]1CCCNC1. The van der Waals surface area contributed by atoms with E-state index in [9.17, 15) is 13.6 Å². The molecule has 0 bridgehead atoms. The normalized spacial score (nSPS) is 19.4. The number of alkyl halides is 2. The molecule has 1 atom stereocenters. The van der Waals surface area contributed by atoms with Gasteiger partial charge in [0.15, 0.2) is 0 Å². The van der Waals surface area contributed by atoms with Crippen molar-refractivity contribution in [1.82, 2.24) is 20.4 Å². The highest BCUT2D eigenvalue weighted by Crippen LogP contribution is 2.19. The van der Waals surface area contributed by atoms with Crippen LogP contribution in [0.4, 0.5) is 8.78 Å². The van der Waals surface area contributed by atoms with Crippen molar-refractivity contribution >= 4 is 5.91 Å². The van der Waals surface area contributed by atoms with Gasteiger partial charge in [0.05, 0.1) is 12.1 Å². The zero-order chi connectivity index (χ0) is 14.7. The van der Waals surface area contributed by atoms with Crippen molar-refractivity contribution in [1.29, 1.82) is 0 Å². The summed E-state index contributed by atoms with van der Waals surface area (Å²) in [5, 5.41) is 9.93. The van der Waals surface area contributed by atoms with Crippen molar-refractivity contribution in [2.24, 2.45) is 0 Å². The minimum Gasteiger partial charge on any atom is -0.352 e. The average molecular weight is 286 g/mol. The fourth-order valence-electron chi connectivity index (χ4n) is 2.56. The van der Waals surface area contributed by atoms with Crippen LogP contribution in [0, 0.1) is 13.8 Å². The summed E-state index contributed by atoms with van der Waals surface area (Å²) in [5.41, 5.74) is 1.43. The molecule has 0 unspecified atom stereocenters. The van der Waals surface area contributed by atoms with Crippen LogP contribution in [0.25, 0.3) is 0 Å². The van der Waals surface area contributed by atoms with Gasteiger partial charge >= 0.3 is 6.55 Å². The molecular weight excluding hydrogens is 266 g/mol. The van der Waals surface area contributed by atoms with Crippen LogP contribution in [0.1, 0.15) is 36.3 Å². The third-order valence-electron chi connectivity index (χ3n) is 3.66. The van der Waals surface area contributed by atoms with E-state index in [1.165, 1.54) is 0 Å². The molecule has 20 heavy (non-hydrogen) atoms. The Morgan fingerprint density at radius 3 is 2.85 bits per heavy atom. The fraction of sp³-hybridized carbons (Fsp3) is 0.692. The summed E-state index contributed by atoms with van der Waals surface area (Å²) in [6.07, 6.45) is 2.08. The van der Waals surface area contributed by atoms with Crippen LogP contribution < -0.4 is 10.6 Å². The highest BCUT2D eigenvalue weighted by atomic mass is 19.3. The third kappa shape index (κ3) is 3.33. The second-order valence-electron chi connectivity index (χ2n) is 5.16. The van der Waals surface area contributed by atoms with Crippen molar-refractivity contribution in [2.45, 2.75) is 45.7 Å². The first-order valence-corrected chi connectivity index (χ1v) is 6.82. The molecule has 1 amide bonds. The molecule has 1 aromatic heterocycles. The standard InChI is InChI=1S/C13H20F2N4O/c1-8-11(9(2)19(18-8)13(14)15)6-12(20)17-10-4-3-5-16-7-10/h10,13,16H,3-7H2,1-2H3,(H,17,20)/t10-/m0/s1. The quantitative estimate of drug-likeness (QED) is 0.877. The lowest BCUT2D eigenvalue weighted by atomic mass is 10.1. The van der Waals surface area contributed by atoms with Crippen molar-refractivity contribution in [2.75, 3.05) is 13.1 Å². The highest BCUT2D eigenvalue weighted by Gasteiger charge is 2.21. The summed E-state index contributed by atoms with van der Waals surface area (Å²) in [4.78, 5) is 12.0. The number of nitrogens with one attached hydrogen (secondary N) is 2. The Hall–Kier alpha value is -1.50. The molecule has 0 radical (unpaired) electrons. The van der Waals surface area contributed by atoms with Crippen molar-refractivity contribution in [3.05, 3.63) is 17.0 Å². The first-order valence-electron chi connectivity index (χ1n) is 6.82. The number of hydrogen-bond donors (Lipinski definition) is 2. The molecule has 2 rings (SSSR count). The molecule has 0 aromatic carbocycles. The Morgan fingerprint density at radius 1 is 1.55 bits per heavy atom. The summed E-state index contributed by atoms with van der Waals surface area (Å²) < 4.78 is 26.1. The van der Waals surface area contributed by atoms with E-state index in [-0.39, 0.29) is 18.4 Å². The second-order valence-corrected chi connectivity index (χ2v) is 5.16. The first kappa shape index (κ1) is 14.9. The highest BCUT2D eigenvalue weighted by molar-refractivity contribution is 5.79. The van der Waals surface area contributed by atoms with E-state index in [4.69, 9.17) is 0 Å². The maximum Gasteiger partial charge on any atom is 0.333 e. The lowest BCUT2D eigenvalue weighted by Gasteiger charge is -2.23. The molecule has 1 fully saturated rings. The lowest BCUT2D eigenvalue weighted by Crippen LogP contribution is -2.46. The number of carbonyl (C=O) groups excluding carboxylic acids is 1. The zero-order valence-corrected chi connectivity index (χ0v) is 11.7. The van der Waals surface area contributed by atoms with Gasteiger partial charge in [0.1, 0.15) is 0 Å². The van der Waals surface area contributed by atoms with Crippen molar-refractivity contribution < 1.29 is 13.6 Å². The molecule has 5 nitrogen and oxygen atoms in total. The number of halogens is 2. The summed E-state index contributed by atoms with van der Waals surface area (Å²) in [7, 11) is 0. The Balaban J connectivity index is 2.00. The molecule has 0 aliphatic carbocycles. The van der Waals surface area contributed by atoms with Crippen LogP contribution in [0.2, 0.25) is 0 Å². The average Bonchev–Trinajstić information content (AvgIpc) is 2.68. The summed E-state index contributed by atoms with van der Waals surface area (Å²) in [5.74, 6) is -0.140. The largest absolute Gasteiger partial charge is 0.352 e. The maximum atomic E-state index is 12.7. The minimum atomic E-state index is -2.67. The number of amides is 1. The van der Waals surface area contributed by atoms with Gasteiger partial charge in [0, 0.05) is 23.8 Å². The summed E-state index contributed by atoms with van der Waals surface area (Å²) >= 11 is 0. The van der Waals surface area contributed by atoms with Crippen LogP contribution >= 0.6 is 0 Å². The van der Waals surface area contributed by atoms with E-state index in [0.717, 1.165) is 25.9 Å². The molecule has 1 aliphatic heterocycles. The van der Waals surface area contributed by atoms with E-state index in [1.807, 2.05) is 0 Å². The number of rotatable bonds is 4. The molecule has 112 valence electrons. The van der Waals surface area contributed by atoms with Gasteiger partial charge in [-0.25, -0.2) is 4.68 Å². The van der Waals surface area contributed by atoms with Gasteiger partial charge in [-0.05, 0) is 33.2 Å². The molecule has 0 saturated carbocycles. The van der Waals surface area contributed by atoms with Crippen LogP contribution in [-0.2, 0) is 11.2 Å². The van der Waals surface area contributed by atoms with Crippen molar-refractivity contribution in [3.63, 3.8) is 0 Å². The smallest absolute Gasteiger partial charge is 0.333 e. The molecule has 7 heteroatoms. The van der Waals surface area contributed by atoms with Crippen LogP contribution in [0.15, 0.2) is 0 Å². The third-order valence-corrected chi connectivity index (χ3v) is 3.66. The van der Waals surface area contributed by atoms with E-state index in [1.54, 1.807) is 13.8 Å². The zero-order valence-electron chi connectivity index (χ0n) is 11.7. The number of nitrogens with zero attached hydrogens (tertiary/aromatic N) is 2. The van der Waals surface area contributed by atoms with Gasteiger partial charge in [-0.1, -0.05) is 0 Å². The van der Waals surface area contributed by atoms with E-state index in [0.29, 0.717) is 21.6 Å². The number of piperidine rings is 1. The number of carbonyl (C=O) groups is 1. The molecule has 2 N–H and O–H groups in total. The van der Waals surface area contributed by atoms with Crippen molar-refractivity contribution in [3.8, 4) is 0 Å².